The third kappa shape index (κ3) is 4.35. The number of carbonyl (C=O) groups is 1. The van der Waals surface area contributed by atoms with Gasteiger partial charge in [0.15, 0.2) is 5.54 Å². The minimum absolute atomic E-state index is 0.00317. The number of amides is 1. The third-order valence-corrected chi connectivity index (χ3v) is 4.47. The number of ether oxygens (including phenoxy) is 2. The summed E-state index contributed by atoms with van der Waals surface area (Å²) in [6.07, 6.45) is -1.87. The molecule has 11 heteroatoms. The molecule has 0 bridgehead atoms. The van der Waals surface area contributed by atoms with Crippen molar-refractivity contribution in [2.75, 3.05) is 32.4 Å². The molecular formula is C19H18F4N4O3. The zero-order chi connectivity index (χ0) is 21.7. The number of halogens is 4. The SMILES string of the molecule is CN=C1COC[C@](c2cc(NC(=O)c3ccc(OCF)cn3)ccc2F)(C(F)F)N1. The summed E-state index contributed by atoms with van der Waals surface area (Å²) in [7, 11) is 1.40. The first-order valence-corrected chi connectivity index (χ1v) is 8.75. The van der Waals surface area contributed by atoms with Crippen molar-refractivity contribution in [2.45, 2.75) is 12.0 Å². The number of aliphatic imine (C=N–C) groups is 1. The first-order chi connectivity index (χ1) is 14.4. The Morgan fingerprint density at radius 1 is 1.40 bits per heavy atom. The predicted molar refractivity (Wildman–Crippen MR) is 100 cm³/mol. The Labute approximate surface area is 169 Å². The van der Waals surface area contributed by atoms with E-state index in [1.165, 1.54) is 25.2 Å². The molecule has 1 saturated heterocycles. The fraction of sp³-hybridized carbons (Fsp3) is 0.316. The van der Waals surface area contributed by atoms with Crippen molar-refractivity contribution in [1.82, 2.24) is 10.3 Å². The Morgan fingerprint density at radius 2 is 2.20 bits per heavy atom. The molecule has 30 heavy (non-hydrogen) atoms. The highest BCUT2D eigenvalue weighted by atomic mass is 19.3. The van der Waals surface area contributed by atoms with Crippen LogP contribution in [0.3, 0.4) is 0 Å². The van der Waals surface area contributed by atoms with Gasteiger partial charge in [-0.15, -0.1) is 0 Å². The van der Waals surface area contributed by atoms with Gasteiger partial charge in [0.05, 0.1) is 12.8 Å². The van der Waals surface area contributed by atoms with Crippen LogP contribution in [0, 0.1) is 5.82 Å². The highest BCUT2D eigenvalue weighted by molar-refractivity contribution is 6.02. The number of hydrogen-bond acceptors (Lipinski definition) is 5. The average Bonchev–Trinajstić information content (AvgIpc) is 2.75. The minimum atomic E-state index is -3.03. The lowest BCUT2D eigenvalue weighted by Crippen LogP contribution is -2.59. The lowest BCUT2D eigenvalue weighted by atomic mass is 9.89. The van der Waals surface area contributed by atoms with Gasteiger partial charge in [0.25, 0.3) is 12.3 Å². The maximum absolute atomic E-state index is 14.5. The zero-order valence-electron chi connectivity index (χ0n) is 15.8. The van der Waals surface area contributed by atoms with Crippen molar-refractivity contribution in [2.24, 2.45) is 4.99 Å². The molecule has 0 aliphatic carbocycles. The summed E-state index contributed by atoms with van der Waals surface area (Å²) in [5.41, 5.74) is -2.50. The predicted octanol–water partition coefficient (Wildman–Crippen LogP) is 2.89. The number of aromatic nitrogens is 1. The van der Waals surface area contributed by atoms with E-state index < -0.39 is 37.2 Å². The van der Waals surface area contributed by atoms with E-state index >= 15 is 0 Å². The Bertz CT molecular complexity index is 940. The van der Waals surface area contributed by atoms with Crippen molar-refractivity contribution >= 4 is 17.4 Å². The third-order valence-electron chi connectivity index (χ3n) is 4.47. The molecule has 1 aliphatic heterocycles. The number of carbonyl (C=O) groups excluding carboxylic acids is 1. The Morgan fingerprint density at radius 3 is 2.83 bits per heavy atom. The molecule has 1 aliphatic rings. The summed E-state index contributed by atoms with van der Waals surface area (Å²) < 4.78 is 64.5. The van der Waals surface area contributed by atoms with E-state index in [2.05, 4.69) is 25.3 Å². The van der Waals surface area contributed by atoms with Crippen LogP contribution in [0.2, 0.25) is 0 Å². The van der Waals surface area contributed by atoms with Crippen LogP contribution in [-0.4, -0.2) is 50.3 Å². The number of anilines is 1. The van der Waals surface area contributed by atoms with Crippen LogP contribution >= 0.6 is 0 Å². The molecule has 2 aromatic rings. The molecule has 1 amide bonds. The molecule has 0 unspecified atom stereocenters. The van der Waals surface area contributed by atoms with Gasteiger partial charge in [-0.05, 0) is 30.3 Å². The number of hydrogen-bond donors (Lipinski definition) is 2. The van der Waals surface area contributed by atoms with E-state index in [0.29, 0.717) is 0 Å². The van der Waals surface area contributed by atoms with Crippen LogP contribution in [0.1, 0.15) is 16.1 Å². The number of morpholine rings is 1. The van der Waals surface area contributed by atoms with E-state index in [-0.39, 0.29) is 35.1 Å². The van der Waals surface area contributed by atoms with E-state index in [9.17, 15) is 22.4 Å². The monoisotopic (exact) mass is 426 g/mol. The molecular weight excluding hydrogens is 408 g/mol. The van der Waals surface area contributed by atoms with Gasteiger partial charge in [0.2, 0.25) is 6.86 Å². The first-order valence-electron chi connectivity index (χ1n) is 8.75. The molecule has 160 valence electrons. The summed E-state index contributed by atoms with van der Waals surface area (Å²) in [5, 5.41) is 5.04. The fourth-order valence-electron chi connectivity index (χ4n) is 2.94. The normalized spacial score (nSPS) is 20.1. The summed E-state index contributed by atoms with van der Waals surface area (Å²) in [5.74, 6) is -1.29. The van der Waals surface area contributed by atoms with Gasteiger partial charge in [-0.3, -0.25) is 9.79 Å². The Kier molecular flexibility index (Phi) is 6.50. The van der Waals surface area contributed by atoms with Crippen molar-refractivity contribution in [3.63, 3.8) is 0 Å². The topological polar surface area (TPSA) is 84.8 Å². The van der Waals surface area contributed by atoms with Crippen molar-refractivity contribution in [1.29, 1.82) is 0 Å². The second-order valence-electron chi connectivity index (χ2n) is 6.34. The number of nitrogens with zero attached hydrogens (tertiary/aromatic N) is 2. The molecule has 3 rings (SSSR count). The summed E-state index contributed by atoms with van der Waals surface area (Å²) in [6.45, 7) is -1.54. The van der Waals surface area contributed by atoms with Gasteiger partial charge in [-0.1, -0.05) is 0 Å². The molecule has 0 radical (unpaired) electrons. The molecule has 2 N–H and O–H groups in total. The molecule has 7 nitrogen and oxygen atoms in total. The molecule has 0 saturated carbocycles. The summed E-state index contributed by atoms with van der Waals surface area (Å²) in [4.78, 5) is 20.0. The molecule has 2 heterocycles. The summed E-state index contributed by atoms with van der Waals surface area (Å²) >= 11 is 0. The maximum atomic E-state index is 14.5. The number of benzene rings is 1. The number of alkyl halides is 3. The number of nitrogens with one attached hydrogen (secondary N) is 2. The summed E-state index contributed by atoms with van der Waals surface area (Å²) in [6, 6.07) is 5.95. The molecule has 1 fully saturated rings. The van der Waals surface area contributed by atoms with Crippen LogP contribution < -0.4 is 15.4 Å². The van der Waals surface area contributed by atoms with E-state index in [0.717, 1.165) is 18.3 Å². The van der Waals surface area contributed by atoms with Gasteiger partial charge in [-0.2, -0.15) is 0 Å². The van der Waals surface area contributed by atoms with Crippen LogP contribution in [0.15, 0.2) is 41.5 Å². The van der Waals surface area contributed by atoms with Gasteiger partial charge in [0, 0.05) is 18.3 Å². The smallest absolute Gasteiger partial charge is 0.274 e. The number of amidine groups is 1. The Balaban J connectivity index is 1.88. The van der Waals surface area contributed by atoms with Gasteiger partial charge in [-0.25, -0.2) is 22.5 Å². The lowest BCUT2D eigenvalue weighted by Gasteiger charge is -2.39. The van der Waals surface area contributed by atoms with Crippen molar-refractivity contribution < 1.29 is 31.8 Å². The van der Waals surface area contributed by atoms with E-state index in [1.54, 1.807) is 0 Å². The standard InChI is InChI=1S/C19H18F4N4O3/c1-24-16-8-29-9-19(27-16,18(22)23)13-6-11(2-4-14(13)21)26-17(28)15-5-3-12(7-25-15)30-10-20/h2-7,18H,8-10H2,1H3,(H,24,27)(H,26,28)/t19-/m0/s1. The second-order valence-corrected chi connectivity index (χ2v) is 6.34. The highest BCUT2D eigenvalue weighted by Crippen LogP contribution is 2.34. The van der Waals surface area contributed by atoms with Gasteiger partial charge in [0.1, 0.15) is 29.7 Å². The zero-order valence-corrected chi connectivity index (χ0v) is 15.8. The lowest BCUT2D eigenvalue weighted by molar-refractivity contribution is -0.0332. The quantitative estimate of drug-likeness (QED) is 0.694. The molecule has 0 spiro atoms. The fourth-order valence-corrected chi connectivity index (χ4v) is 2.94. The van der Waals surface area contributed by atoms with Crippen LogP contribution in [0.25, 0.3) is 0 Å². The van der Waals surface area contributed by atoms with E-state index in [1.807, 2.05) is 0 Å². The molecule has 1 aromatic carbocycles. The van der Waals surface area contributed by atoms with E-state index in [4.69, 9.17) is 4.74 Å². The van der Waals surface area contributed by atoms with Crippen LogP contribution in [0.4, 0.5) is 23.2 Å². The Hall–Kier alpha value is -3.21. The highest BCUT2D eigenvalue weighted by Gasteiger charge is 2.47. The second kappa shape index (κ2) is 9.08. The maximum Gasteiger partial charge on any atom is 0.274 e. The average molecular weight is 426 g/mol. The van der Waals surface area contributed by atoms with Crippen molar-refractivity contribution in [3.05, 3.63) is 53.6 Å². The molecule has 1 atom stereocenters. The molecule has 1 aromatic heterocycles. The largest absolute Gasteiger partial charge is 0.461 e. The van der Waals surface area contributed by atoms with Crippen LogP contribution in [-0.2, 0) is 10.3 Å². The number of rotatable bonds is 6. The van der Waals surface area contributed by atoms with Crippen molar-refractivity contribution in [3.8, 4) is 5.75 Å². The van der Waals surface area contributed by atoms with Crippen LogP contribution in [0.5, 0.6) is 5.75 Å². The number of pyridine rings is 1. The van der Waals surface area contributed by atoms with Gasteiger partial charge < -0.3 is 20.1 Å². The minimum Gasteiger partial charge on any atom is -0.461 e. The first kappa shape index (κ1) is 21.5. The van der Waals surface area contributed by atoms with Gasteiger partial charge >= 0.3 is 0 Å².